The van der Waals surface area contributed by atoms with E-state index < -0.39 is 29.9 Å². The molecule has 1 aliphatic rings. The fraction of sp³-hybridized carbons (Fsp3) is 0.692. The number of hydrogen-bond acceptors (Lipinski definition) is 4. The van der Waals surface area contributed by atoms with Crippen LogP contribution >= 0.6 is 0 Å². The summed E-state index contributed by atoms with van der Waals surface area (Å²) in [6.45, 7) is 3.63. The summed E-state index contributed by atoms with van der Waals surface area (Å²) >= 11 is 0. The molecule has 21 heavy (non-hydrogen) atoms. The minimum Gasteiger partial charge on any atom is -0.481 e. The molecule has 0 spiro atoms. The van der Waals surface area contributed by atoms with Crippen molar-refractivity contribution in [3.8, 4) is 0 Å². The number of likely N-dealkylation sites (tertiary alicyclic amines) is 1. The second kappa shape index (κ2) is 7.05. The zero-order valence-electron chi connectivity index (χ0n) is 12.5. The van der Waals surface area contributed by atoms with Crippen molar-refractivity contribution in [3.05, 3.63) is 0 Å². The molecule has 2 N–H and O–H groups in total. The number of rotatable bonds is 5. The number of aliphatic carboxylic acids is 1. The lowest BCUT2D eigenvalue weighted by Gasteiger charge is -2.30. The summed E-state index contributed by atoms with van der Waals surface area (Å²) in [5, 5.41) is 11.4. The third-order valence-electron chi connectivity index (χ3n) is 3.53. The molecule has 0 radical (unpaired) electrons. The lowest BCUT2D eigenvalue weighted by Crippen LogP contribution is -2.56. The summed E-state index contributed by atoms with van der Waals surface area (Å²) in [4.78, 5) is 48.5. The van der Waals surface area contributed by atoms with Crippen molar-refractivity contribution in [2.45, 2.75) is 32.7 Å². The van der Waals surface area contributed by atoms with Gasteiger partial charge in [-0.05, 0) is 13.3 Å². The summed E-state index contributed by atoms with van der Waals surface area (Å²) in [5.41, 5.74) is 0. The molecule has 118 valence electrons. The van der Waals surface area contributed by atoms with Gasteiger partial charge in [0.25, 0.3) is 5.91 Å². The normalized spacial score (nSPS) is 20.1. The maximum absolute atomic E-state index is 12.1. The van der Waals surface area contributed by atoms with Crippen LogP contribution in [0.4, 0.5) is 4.79 Å². The van der Waals surface area contributed by atoms with Crippen LogP contribution in [0.3, 0.4) is 0 Å². The van der Waals surface area contributed by atoms with Gasteiger partial charge in [-0.25, -0.2) is 4.79 Å². The Bertz CT molecular complexity index is 451. The Morgan fingerprint density at radius 1 is 1.48 bits per heavy atom. The first-order valence-electron chi connectivity index (χ1n) is 6.86. The number of carboxylic acids is 1. The number of carbonyl (C=O) groups is 4. The molecule has 1 fully saturated rings. The molecular formula is C13H21N3O5. The highest BCUT2D eigenvalue weighted by molar-refractivity contribution is 6.01. The van der Waals surface area contributed by atoms with Crippen molar-refractivity contribution in [2.24, 2.45) is 5.92 Å². The number of carbonyl (C=O) groups excluding carboxylic acids is 3. The van der Waals surface area contributed by atoms with Crippen LogP contribution in [0, 0.1) is 5.92 Å². The van der Waals surface area contributed by atoms with E-state index in [1.165, 1.54) is 18.9 Å². The maximum atomic E-state index is 12.1. The number of piperidine rings is 1. The molecule has 0 bridgehead atoms. The zero-order valence-corrected chi connectivity index (χ0v) is 12.5. The van der Waals surface area contributed by atoms with Crippen LogP contribution in [0.1, 0.15) is 26.7 Å². The number of hydrogen-bond donors (Lipinski definition) is 2. The summed E-state index contributed by atoms with van der Waals surface area (Å²) in [5.74, 6) is -2.39. The van der Waals surface area contributed by atoms with Gasteiger partial charge in [0.2, 0.25) is 5.91 Å². The third-order valence-corrected chi connectivity index (χ3v) is 3.53. The van der Waals surface area contributed by atoms with Crippen LogP contribution in [0.2, 0.25) is 0 Å². The van der Waals surface area contributed by atoms with Gasteiger partial charge in [-0.2, -0.15) is 0 Å². The minimum absolute atomic E-state index is 0.0628. The Hall–Kier alpha value is -2.12. The van der Waals surface area contributed by atoms with Gasteiger partial charge in [0, 0.05) is 26.6 Å². The molecule has 1 heterocycles. The van der Waals surface area contributed by atoms with E-state index in [-0.39, 0.29) is 25.3 Å². The van der Waals surface area contributed by atoms with Gasteiger partial charge < -0.3 is 15.3 Å². The second-order valence-electron chi connectivity index (χ2n) is 5.11. The molecule has 2 atom stereocenters. The van der Waals surface area contributed by atoms with Crippen LogP contribution in [0.25, 0.3) is 0 Å². The molecule has 8 heteroatoms. The molecular weight excluding hydrogens is 278 g/mol. The zero-order chi connectivity index (χ0) is 16.2. The minimum atomic E-state index is -0.986. The van der Waals surface area contributed by atoms with Gasteiger partial charge in [0.1, 0.15) is 6.04 Å². The second-order valence-corrected chi connectivity index (χ2v) is 5.11. The number of carboxylic acid groups (broad SMARTS) is 1. The quantitative estimate of drug-likeness (QED) is 0.689. The van der Waals surface area contributed by atoms with Gasteiger partial charge in [0.15, 0.2) is 0 Å². The van der Waals surface area contributed by atoms with Crippen LogP contribution in [-0.2, 0) is 14.4 Å². The van der Waals surface area contributed by atoms with Crippen molar-refractivity contribution in [1.82, 2.24) is 15.1 Å². The lowest BCUT2D eigenvalue weighted by atomic mass is 10.0. The highest BCUT2D eigenvalue weighted by atomic mass is 16.4. The monoisotopic (exact) mass is 299 g/mol. The molecule has 8 nitrogen and oxygen atoms in total. The van der Waals surface area contributed by atoms with Crippen molar-refractivity contribution in [3.63, 3.8) is 0 Å². The van der Waals surface area contributed by atoms with Crippen LogP contribution in [0.15, 0.2) is 0 Å². The van der Waals surface area contributed by atoms with Crippen LogP contribution in [0.5, 0.6) is 0 Å². The molecule has 0 saturated carbocycles. The van der Waals surface area contributed by atoms with Crippen LogP contribution in [-0.4, -0.2) is 64.9 Å². The van der Waals surface area contributed by atoms with E-state index in [0.717, 1.165) is 4.90 Å². The van der Waals surface area contributed by atoms with Crippen molar-refractivity contribution < 1.29 is 24.3 Å². The third kappa shape index (κ3) is 4.17. The first-order valence-corrected chi connectivity index (χ1v) is 6.86. The highest BCUT2D eigenvalue weighted by Crippen LogP contribution is 2.12. The van der Waals surface area contributed by atoms with Gasteiger partial charge in [0.05, 0.1) is 5.92 Å². The fourth-order valence-electron chi connectivity index (χ4n) is 2.05. The number of imide groups is 1. The average Bonchev–Trinajstić information content (AvgIpc) is 2.44. The Balaban J connectivity index is 2.64. The number of nitrogens with zero attached hydrogens (tertiary/aromatic N) is 2. The number of nitrogens with one attached hydrogen (secondary N) is 1. The number of urea groups is 1. The Kier molecular flexibility index (Phi) is 5.69. The maximum Gasteiger partial charge on any atom is 0.318 e. The Morgan fingerprint density at radius 2 is 2.10 bits per heavy atom. The van der Waals surface area contributed by atoms with Crippen molar-refractivity contribution in [1.29, 1.82) is 0 Å². The predicted molar refractivity (Wildman–Crippen MR) is 73.4 cm³/mol. The Morgan fingerprint density at radius 3 is 2.62 bits per heavy atom. The molecule has 1 saturated heterocycles. The molecule has 1 aliphatic heterocycles. The fourth-order valence-corrected chi connectivity index (χ4v) is 2.05. The van der Waals surface area contributed by atoms with Crippen molar-refractivity contribution >= 4 is 23.8 Å². The number of amides is 4. The van der Waals surface area contributed by atoms with E-state index in [1.54, 1.807) is 6.92 Å². The molecule has 0 aromatic carbocycles. The first kappa shape index (κ1) is 16.9. The van der Waals surface area contributed by atoms with Gasteiger partial charge in [-0.3, -0.25) is 19.3 Å². The van der Waals surface area contributed by atoms with Crippen molar-refractivity contribution in [2.75, 3.05) is 20.1 Å². The lowest BCUT2D eigenvalue weighted by molar-refractivity contribution is -0.148. The topological polar surface area (TPSA) is 107 Å². The standard InChI is InChI=1S/C13H21N3O5/c1-4-16(7-8(2)12(19)20)13(21)14-9-5-6-10(17)15(3)11(9)18/h8-9H,4-7H2,1-3H3,(H,14,21)(H,19,20). The van der Waals surface area contributed by atoms with E-state index in [0.29, 0.717) is 6.54 Å². The van der Waals surface area contributed by atoms with Crippen LogP contribution < -0.4 is 5.32 Å². The summed E-state index contributed by atoms with van der Waals surface area (Å²) in [6, 6.07) is -1.24. The number of likely N-dealkylation sites (N-methyl/N-ethyl adjacent to an activating group) is 1. The van der Waals surface area contributed by atoms with E-state index in [2.05, 4.69) is 5.32 Å². The molecule has 0 aliphatic carbocycles. The molecule has 0 aromatic rings. The average molecular weight is 299 g/mol. The van der Waals surface area contributed by atoms with Gasteiger partial charge >= 0.3 is 12.0 Å². The van der Waals surface area contributed by atoms with E-state index >= 15 is 0 Å². The highest BCUT2D eigenvalue weighted by Gasteiger charge is 2.33. The summed E-state index contributed by atoms with van der Waals surface area (Å²) in [6.07, 6.45) is 0.463. The van der Waals surface area contributed by atoms with Gasteiger partial charge in [-0.1, -0.05) is 6.92 Å². The van der Waals surface area contributed by atoms with E-state index in [1.807, 2.05) is 0 Å². The molecule has 2 unspecified atom stereocenters. The van der Waals surface area contributed by atoms with Gasteiger partial charge in [-0.15, -0.1) is 0 Å². The Labute approximate surface area is 123 Å². The van der Waals surface area contributed by atoms with E-state index in [4.69, 9.17) is 5.11 Å². The molecule has 0 aromatic heterocycles. The molecule has 4 amide bonds. The van der Waals surface area contributed by atoms with E-state index in [9.17, 15) is 19.2 Å². The molecule has 1 rings (SSSR count). The predicted octanol–water partition coefficient (Wildman–Crippen LogP) is -0.114. The first-order chi connectivity index (χ1) is 9.77. The SMILES string of the molecule is CCN(CC(C)C(=O)O)C(=O)NC1CCC(=O)N(C)C1=O. The summed E-state index contributed by atoms with van der Waals surface area (Å²) < 4.78 is 0. The smallest absolute Gasteiger partial charge is 0.318 e. The largest absolute Gasteiger partial charge is 0.481 e. The summed E-state index contributed by atoms with van der Waals surface area (Å²) in [7, 11) is 1.38.